The number of hydrogen-bond donors (Lipinski definition) is 3. The summed E-state index contributed by atoms with van der Waals surface area (Å²) in [5.41, 5.74) is 6.21. The van der Waals surface area contributed by atoms with Gasteiger partial charge >= 0.3 is 0 Å². The van der Waals surface area contributed by atoms with E-state index < -0.39 is 10.0 Å². The molecule has 1 aromatic rings. The minimum atomic E-state index is -3.27. The number of nitrogens with zero attached hydrogens (tertiary/aromatic N) is 1. The Labute approximate surface area is 137 Å². The van der Waals surface area contributed by atoms with Crippen LogP contribution in [0.4, 0.5) is 5.69 Å². The van der Waals surface area contributed by atoms with Gasteiger partial charge in [-0.05, 0) is 31.2 Å². The van der Waals surface area contributed by atoms with Gasteiger partial charge in [0.15, 0.2) is 5.96 Å². The van der Waals surface area contributed by atoms with E-state index in [2.05, 4.69) is 15.0 Å². The predicted molar refractivity (Wildman–Crippen MR) is 91.4 cm³/mol. The van der Waals surface area contributed by atoms with Gasteiger partial charge in [0.25, 0.3) is 0 Å². The maximum absolute atomic E-state index is 11.1. The largest absolute Gasteiger partial charge is 0.492 e. The monoisotopic (exact) mass is 344 g/mol. The highest BCUT2D eigenvalue weighted by molar-refractivity contribution is 7.92. The first-order valence-electron chi connectivity index (χ1n) is 7.06. The van der Waals surface area contributed by atoms with E-state index in [1.807, 2.05) is 6.92 Å². The van der Waals surface area contributed by atoms with Crippen molar-refractivity contribution in [1.82, 2.24) is 5.32 Å². The second kappa shape index (κ2) is 9.21. The zero-order valence-corrected chi connectivity index (χ0v) is 14.4. The van der Waals surface area contributed by atoms with Crippen molar-refractivity contribution in [2.45, 2.75) is 13.0 Å². The second-order valence-corrected chi connectivity index (χ2v) is 6.76. The molecule has 1 unspecified atom stereocenters. The van der Waals surface area contributed by atoms with Crippen LogP contribution in [-0.4, -0.2) is 53.5 Å². The molecular weight excluding hydrogens is 320 g/mol. The molecule has 4 N–H and O–H groups in total. The van der Waals surface area contributed by atoms with Crippen LogP contribution < -0.4 is 20.5 Å². The van der Waals surface area contributed by atoms with E-state index in [0.717, 1.165) is 6.26 Å². The SMILES string of the molecule is COCC(C)NC(N)=NCCOc1ccc(NS(C)(=O)=O)cc1. The van der Waals surface area contributed by atoms with Crippen LogP contribution in [0.15, 0.2) is 29.3 Å². The molecule has 0 heterocycles. The van der Waals surface area contributed by atoms with Gasteiger partial charge in [0, 0.05) is 18.8 Å². The molecule has 1 aromatic carbocycles. The summed E-state index contributed by atoms with van der Waals surface area (Å²) >= 11 is 0. The normalized spacial score (nSPS) is 13.4. The lowest BCUT2D eigenvalue weighted by Crippen LogP contribution is -2.40. The first kappa shape index (κ1) is 19.0. The van der Waals surface area contributed by atoms with Gasteiger partial charge in [0.2, 0.25) is 10.0 Å². The van der Waals surface area contributed by atoms with Crippen molar-refractivity contribution >= 4 is 21.7 Å². The molecule has 0 amide bonds. The number of ether oxygens (including phenoxy) is 2. The number of anilines is 1. The molecule has 0 aliphatic heterocycles. The average Bonchev–Trinajstić information content (AvgIpc) is 2.44. The highest BCUT2D eigenvalue weighted by Crippen LogP contribution is 2.16. The van der Waals surface area contributed by atoms with Crippen molar-refractivity contribution in [3.05, 3.63) is 24.3 Å². The van der Waals surface area contributed by atoms with Crippen molar-refractivity contribution in [2.75, 3.05) is 37.8 Å². The summed E-state index contributed by atoms with van der Waals surface area (Å²) in [6.45, 7) is 3.25. The Balaban J connectivity index is 2.35. The van der Waals surface area contributed by atoms with E-state index in [1.165, 1.54) is 0 Å². The zero-order chi connectivity index (χ0) is 17.3. The number of benzene rings is 1. The van der Waals surface area contributed by atoms with Gasteiger partial charge in [0.05, 0.1) is 19.4 Å². The summed E-state index contributed by atoms with van der Waals surface area (Å²) in [6.07, 6.45) is 1.10. The zero-order valence-electron chi connectivity index (χ0n) is 13.6. The molecule has 0 radical (unpaired) electrons. The van der Waals surface area contributed by atoms with E-state index in [4.69, 9.17) is 15.2 Å². The van der Waals surface area contributed by atoms with Crippen molar-refractivity contribution < 1.29 is 17.9 Å². The number of rotatable bonds is 9. The molecule has 1 atom stereocenters. The summed E-state index contributed by atoms with van der Waals surface area (Å²) in [6, 6.07) is 6.70. The molecule has 0 saturated heterocycles. The van der Waals surface area contributed by atoms with Crippen LogP contribution in [0.1, 0.15) is 6.92 Å². The number of nitrogens with one attached hydrogen (secondary N) is 2. The molecule has 0 bridgehead atoms. The minimum absolute atomic E-state index is 0.0829. The Kier molecular flexibility index (Phi) is 7.63. The van der Waals surface area contributed by atoms with Crippen molar-refractivity contribution in [3.8, 4) is 5.75 Å². The van der Waals surface area contributed by atoms with Crippen LogP contribution in [0.3, 0.4) is 0 Å². The molecule has 9 heteroatoms. The fourth-order valence-electron chi connectivity index (χ4n) is 1.75. The summed E-state index contributed by atoms with van der Waals surface area (Å²) in [4.78, 5) is 4.14. The third-order valence-corrected chi connectivity index (χ3v) is 3.22. The number of hydrogen-bond acceptors (Lipinski definition) is 5. The molecule has 0 spiro atoms. The quantitative estimate of drug-likeness (QED) is 0.339. The van der Waals surface area contributed by atoms with E-state index in [-0.39, 0.29) is 6.04 Å². The van der Waals surface area contributed by atoms with Crippen LogP contribution in [0.25, 0.3) is 0 Å². The fourth-order valence-corrected chi connectivity index (χ4v) is 2.32. The molecule has 0 fully saturated rings. The average molecular weight is 344 g/mol. The van der Waals surface area contributed by atoms with Gasteiger partial charge in [-0.15, -0.1) is 0 Å². The van der Waals surface area contributed by atoms with Crippen LogP contribution in [0, 0.1) is 0 Å². The summed E-state index contributed by atoms with van der Waals surface area (Å²) in [5.74, 6) is 0.962. The number of guanidine groups is 1. The Bertz CT molecular complexity index is 602. The lowest BCUT2D eigenvalue weighted by atomic mass is 10.3. The number of methoxy groups -OCH3 is 1. The maximum Gasteiger partial charge on any atom is 0.229 e. The molecule has 1 rings (SSSR count). The molecular formula is C14H24N4O4S. The maximum atomic E-state index is 11.1. The number of sulfonamides is 1. The Morgan fingerprint density at radius 2 is 2.00 bits per heavy atom. The van der Waals surface area contributed by atoms with Gasteiger partial charge in [-0.25, -0.2) is 13.4 Å². The molecule has 0 aliphatic carbocycles. The first-order valence-corrected chi connectivity index (χ1v) is 8.95. The molecule has 0 saturated carbocycles. The number of aliphatic imine (C=N–C) groups is 1. The standard InChI is InChI=1S/C14H24N4O4S/c1-11(10-21-2)17-14(15)16-8-9-22-13-6-4-12(5-7-13)18-23(3,19)20/h4-7,11,18H,8-10H2,1-3H3,(H3,15,16,17). The van der Waals surface area contributed by atoms with Crippen molar-refractivity contribution in [2.24, 2.45) is 10.7 Å². The molecule has 0 aromatic heterocycles. The Morgan fingerprint density at radius 1 is 1.35 bits per heavy atom. The molecule has 130 valence electrons. The van der Waals surface area contributed by atoms with Crippen LogP contribution >= 0.6 is 0 Å². The lowest BCUT2D eigenvalue weighted by molar-refractivity contribution is 0.179. The Hall–Kier alpha value is -2.00. The van der Waals surface area contributed by atoms with E-state index in [1.54, 1.807) is 31.4 Å². The summed E-state index contributed by atoms with van der Waals surface area (Å²) < 4.78 is 35.1. The summed E-state index contributed by atoms with van der Waals surface area (Å²) in [7, 11) is -1.65. The molecule has 0 aliphatic rings. The van der Waals surface area contributed by atoms with Crippen LogP contribution in [0.5, 0.6) is 5.75 Å². The predicted octanol–water partition coefficient (Wildman–Crippen LogP) is 0.376. The van der Waals surface area contributed by atoms with Gasteiger partial charge in [-0.1, -0.05) is 0 Å². The van der Waals surface area contributed by atoms with Crippen LogP contribution in [0.2, 0.25) is 0 Å². The highest BCUT2D eigenvalue weighted by atomic mass is 32.2. The van der Waals surface area contributed by atoms with E-state index in [0.29, 0.717) is 37.2 Å². The minimum Gasteiger partial charge on any atom is -0.492 e. The summed E-state index contributed by atoms with van der Waals surface area (Å²) in [5, 5.41) is 2.99. The molecule has 8 nitrogen and oxygen atoms in total. The van der Waals surface area contributed by atoms with E-state index >= 15 is 0 Å². The van der Waals surface area contributed by atoms with Gasteiger partial charge in [0.1, 0.15) is 12.4 Å². The molecule has 23 heavy (non-hydrogen) atoms. The topological polar surface area (TPSA) is 115 Å². The van der Waals surface area contributed by atoms with Gasteiger partial charge < -0.3 is 20.5 Å². The highest BCUT2D eigenvalue weighted by Gasteiger charge is 2.02. The van der Waals surface area contributed by atoms with Gasteiger partial charge in [-0.2, -0.15) is 0 Å². The van der Waals surface area contributed by atoms with Gasteiger partial charge in [-0.3, -0.25) is 4.72 Å². The first-order chi connectivity index (χ1) is 10.8. The second-order valence-electron chi connectivity index (χ2n) is 5.01. The third-order valence-electron chi connectivity index (χ3n) is 2.61. The van der Waals surface area contributed by atoms with Crippen molar-refractivity contribution in [1.29, 1.82) is 0 Å². The third kappa shape index (κ3) is 8.89. The smallest absolute Gasteiger partial charge is 0.229 e. The Morgan fingerprint density at radius 3 is 2.57 bits per heavy atom. The fraction of sp³-hybridized carbons (Fsp3) is 0.500. The van der Waals surface area contributed by atoms with E-state index in [9.17, 15) is 8.42 Å². The number of nitrogens with two attached hydrogens (primary N) is 1. The lowest BCUT2D eigenvalue weighted by Gasteiger charge is -2.13. The van der Waals surface area contributed by atoms with Crippen LogP contribution in [-0.2, 0) is 14.8 Å². The van der Waals surface area contributed by atoms with Crippen molar-refractivity contribution in [3.63, 3.8) is 0 Å².